The van der Waals surface area contributed by atoms with Crippen molar-refractivity contribution in [3.8, 4) is 0 Å². The number of amides is 1. The van der Waals surface area contributed by atoms with Crippen LogP contribution in [0.5, 0.6) is 0 Å². The van der Waals surface area contributed by atoms with E-state index < -0.39 is 0 Å². The molecular formula is C18H23N3O. The number of carbonyl (C=O) groups excluding carboxylic acids is 1. The van der Waals surface area contributed by atoms with Gasteiger partial charge >= 0.3 is 0 Å². The number of nitrogens with one attached hydrogen (secondary N) is 1. The highest BCUT2D eigenvalue weighted by atomic mass is 16.2. The standard InChI is InChI=1S/C18H23N3O/c1-13-6-7-14(2)15(9-13)10-18(22)21-8-4-3-5-17(21)16-11-19-20-12-16/h6-7,9,11-12,17H,3-5,8,10H2,1-2H3,(H,19,20). The molecule has 1 aliphatic rings. The number of piperidine rings is 1. The lowest BCUT2D eigenvalue weighted by atomic mass is 9.95. The summed E-state index contributed by atoms with van der Waals surface area (Å²) in [6, 6.07) is 6.50. The van der Waals surface area contributed by atoms with E-state index in [-0.39, 0.29) is 11.9 Å². The molecule has 0 radical (unpaired) electrons. The maximum Gasteiger partial charge on any atom is 0.227 e. The Bertz CT molecular complexity index is 648. The SMILES string of the molecule is Cc1ccc(C)c(CC(=O)N2CCCCC2c2cn[nH]c2)c1. The van der Waals surface area contributed by atoms with Crippen LogP contribution in [-0.2, 0) is 11.2 Å². The van der Waals surface area contributed by atoms with Crippen molar-refractivity contribution < 1.29 is 4.79 Å². The first-order valence-electron chi connectivity index (χ1n) is 7.99. The number of nitrogens with zero attached hydrogens (tertiary/aromatic N) is 2. The van der Waals surface area contributed by atoms with Gasteiger partial charge < -0.3 is 4.90 Å². The van der Waals surface area contributed by atoms with Gasteiger partial charge in [-0.25, -0.2) is 0 Å². The van der Waals surface area contributed by atoms with Crippen LogP contribution in [0.4, 0.5) is 0 Å². The molecule has 0 saturated carbocycles. The van der Waals surface area contributed by atoms with Crippen molar-refractivity contribution in [3.63, 3.8) is 0 Å². The Morgan fingerprint density at radius 3 is 3.00 bits per heavy atom. The number of H-pyrrole nitrogens is 1. The fourth-order valence-electron chi connectivity index (χ4n) is 3.27. The van der Waals surface area contributed by atoms with Crippen LogP contribution in [0.2, 0.25) is 0 Å². The van der Waals surface area contributed by atoms with Crippen LogP contribution < -0.4 is 0 Å². The van der Waals surface area contributed by atoms with Gasteiger partial charge in [-0.05, 0) is 44.2 Å². The molecule has 1 unspecified atom stereocenters. The monoisotopic (exact) mass is 297 g/mol. The van der Waals surface area contributed by atoms with E-state index in [2.05, 4.69) is 42.2 Å². The summed E-state index contributed by atoms with van der Waals surface area (Å²) in [5.74, 6) is 0.222. The molecule has 1 aromatic heterocycles. The molecule has 0 aliphatic carbocycles. The number of aromatic amines is 1. The molecule has 1 saturated heterocycles. The molecule has 1 aliphatic heterocycles. The topological polar surface area (TPSA) is 49.0 Å². The normalized spacial score (nSPS) is 18.5. The van der Waals surface area contributed by atoms with E-state index in [0.29, 0.717) is 6.42 Å². The Hall–Kier alpha value is -2.10. The Kier molecular flexibility index (Phi) is 4.27. The Balaban J connectivity index is 1.79. The van der Waals surface area contributed by atoms with Gasteiger partial charge in [-0.2, -0.15) is 5.10 Å². The number of rotatable bonds is 3. The van der Waals surface area contributed by atoms with Gasteiger partial charge in [0.2, 0.25) is 5.91 Å². The lowest BCUT2D eigenvalue weighted by molar-refractivity contribution is -0.134. The molecule has 0 bridgehead atoms. The maximum absolute atomic E-state index is 12.8. The third-order valence-corrected chi connectivity index (χ3v) is 4.57. The van der Waals surface area contributed by atoms with Gasteiger partial charge in [0.05, 0.1) is 18.7 Å². The van der Waals surface area contributed by atoms with Gasteiger partial charge in [-0.3, -0.25) is 9.89 Å². The fourth-order valence-corrected chi connectivity index (χ4v) is 3.27. The molecule has 1 atom stereocenters. The summed E-state index contributed by atoms with van der Waals surface area (Å²) in [5.41, 5.74) is 4.66. The molecule has 116 valence electrons. The number of aromatic nitrogens is 2. The zero-order valence-corrected chi connectivity index (χ0v) is 13.3. The van der Waals surface area contributed by atoms with E-state index in [1.54, 1.807) is 0 Å². The second-order valence-corrected chi connectivity index (χ2v) is 6.24. The van der Waals surface area contributed by atoms with Crippen molar-refractivity contribution >= 4 is 5.91 Å². The van der Waals surface area contributed by atoms with E-state index in [0.717, 1.165) is 30.5 Å². The Morgan fingerprint density at radius 1 is 1.36 bits per heavy atom. The Morgan fingerprint density at radius 2 is 2.23 bits per heavy atom. The molecule has 1 fully saturated rings. The lowest BCUT2D eigenvalue weighted by Gasteiger charge is -2.35. The molecule has 3 rings (SSSR count). The first-order valence-corrected chi connectivity index (χ1v) is 7.99. The molecule has 2 heterocycles. The quantitative estimate of drug-likeness (QED) is 0.944. The minimum absolute atomic E-state index is 0.171. The molecule has 2 aromatic rings. The molecule has 22 heavy (non-hydrogen) atoms. The summed E-state index contributed by atoms with van der Waals surface area (Å²) in [5, 5.41) is 6.90. The van der Waals surface area contributed by atoms with Crippen LogP contribution in [0.1, 0.15) is 47.6 Å². The molecule has 1 N–H and O–H groups in total. The first kappa shape index (κ1) is 14.8. The summed E-state index contributed by atoms with van der Waals surface area (Å²) in [7, 11) is 0. The molecule has 1 aromatic carbocycles. The second-order valence-electron chi connectivity index (χ2n) is 6.24. The summed E-state index contributed by atoms with van der Waals surface area (Å²) >= 11 is 0. The van der Waals surface area contributed by atoms with Crippen molar-refractivity contribution in [1.29, 1.82) is 0 Å². The molecular weight excluding hydrogens is 274 g/mol. The van der Waals surface area contributed by atoms with E-state index in [9.17, 15) is 4.79 Å². The Labute approximate surface area is 131 Å². The van der Waals surface area contributed by atoms with Gasteiger partial charge in [0, 0.05) is 18.3 Å². The van der Waals surface area contributed by atoms with Crippen molar-refractivity contribution in [2.24, 2.45) is 0 Å². The van der Waals surface area contributed by atoms with Crippen LogP contribution in [0.15, 0.2) is 30.6 Å². The smallest absolute Gasteiger partial charge is 0.227 e. The van der Waals surface area contributed by atoms with Gasteiger partial charge in [-0.15, -0.1) is 0 Å². The van der Waals surface area contributed by atoms with Crippen molar-refractivity contribution in [1.82, 2.24) is 15.1 Å². The van der Waals surface area contributed by atoms with Crippen LogP contribution >= 0.6 is 0 Å². The molecule has 1 amide bonds. The van der Waals surface area contributed by atoms with E-state index in [1.165, 1.54) is 17.5 Å². The number of carbonyl (C=O) groups is 1. The molecule has 0 spiro atoms. The van der Waals surface area contributed by atoms with E-state index >= 15 is 0 Å². The van der Waals surface area contributed by atoms with Gasteiger partial charge in [0.25, 0.3) is 0 Å². The number of hydrogen-bond acceptors (Lipinski definition) is 2. The minimum Gasteiger partial charge on any atom is -0.335 e. The second kappa shape index (κ2) is 6.34. The fraction of sp³-hybridized carbons (Fsp3) is 0.444. The third kappa shape index (κ3) is 3.06. The van der Waals surface area contributed by atoms with E-state index in [1.807, 2.05) is 17.3 Å². The van der Waals surface area contributed by atoms with Crippen molar-refractivity contribution in [2.75, 3.05) is 6.54 Å². The summed E-state index contributed by atoms with van der Waals surface area (Å²) in [4.78, 5) is 14.9. The highest BCUT2D eigenvalue weighted by Gasteiger charge is 2.28. The third-order valence-electron chi connectivity index (χ3n) is 4.57. The van der Waals surface area contributed by atoms with E-state index in [4.69, 9.17) is 0 Å². The maximum atomic E-state index is 12.8. The van der Waals surface area contributed by atoms with Crippen LogP contribution in [0.25, 0.3) is 0 Å². The largest absolute Gasteiger partial charge is 0.335 e. The van der Waals surface area contributed by atoms with Crippen LogP contribution in [-0.4, -0.2) is 27.5 Å². The van der Waals surface area contributed by atoms with Gasteiger partial charge in [-0.1, -0.05) is 23.8 Å². The first-order chi connectivity index (χ1) is 10.6. The predicted octanol–water partition coefficient (Wildman–Crippen LogP) is 3.32. The van der Waals surface area contributed by atoms with Gasteiger partial charge in [0.15, 0.2) is 0 Å². The van der Waals surface area contributed by atoms with Crippen LogP contribution in [0, 0.1) is 13.8 Å². The summed E-state index contributed by atoms with van der Waals surface area (Å²) < 4.78 is 0. The molecule has 4 heteroatoms. The predicted molar refractivity (Wildman–Crippen MR) is 86.5 cm³/mol. The lowest BCUT2D eigenvalue weighted by Crippen LogP contribution is -2.39. The number of hydrogen-bond donors (Lipinski definition) is 1. The zero-order chi connectivity index (χ0) is 15.5. The minimum atomic E-state index is 0.171. The van der Waals surface area contributed by atoms with Crippen molar-refractivity contribution in [2.45, 2.75) is 45.6 Å². The highest BCUT2D eigenvalue weighted by molar-refractivity contribution is 5.79. The average molecular weight is 297 g/mol. The number of benzene rings is 1. The van der Waals surface area contributed by atoms with Crippen LogP contribution in [0.3, 0.4) is 0 Å². The summed E-state index contributed by atoms with van der Waals surface area (Å²) in [6.07, 6.45) is 7.53. The molecule has 4 nitrogen and oxygen atoms in total. The number of likely N-dealkylation sites (tertiary alicyclic amines) is 1. The van der Waals surface area contributed by atoms with Crippen molar-refractivity contribution in [3.05, 3.63) is 52.8 Å². The van der Waals surface area contributed by atoms with Gasteiger partial charge in [0.1, 0.15) is 0 Å². The average Bonchev–Trinajstić information content (AvgIpc) is 3.05. The number of aryl methyl sites for hydroxylation is 2. The zero-order valence-electron chi connectivity index (χ0n) is 13.3. The summed E-state index contributed by atoms with van der Waals surface area (Å²) in [6.45, 7) is 4.99. The highest BCUT2D eigenvalue weighted by Crippen LogP contribution is 2.31.